The number of likely N-dealkylation sites (tertiary alicyclic amines) is 1. The molecule has 1 aliphatic rings. The highest BCUT2D eigenvalue weighted by molar-refractivity contribution is 5.83. The monoisotopic (exact) mass is 300 g/mol. The van der Waals surface area contributed by atoms with Gasteiger partial charge in [0.2, 0.25) is 0 Å². The second-order valence-electron chi connectivity index (χ2n) is 5.72. The van der Waals surface area contributed by atoms with Gasteiger partial charge >= 0.3 is 12.0 Å². The number of nitrogens with zero attached hydrogens (tertiary/aromatic N) is 2. The number of ether oxygens (including phenoxy) is 1. The molecule has 1 heterocycles. The predicted octanol–water partition coefficient (Wildman–Crippen LogP) is 2.04. The fraction of sp³-hybridized carbons (Fsp3) is 0.867. The zero-order valence-electron chi connectivity index (χ0n) is 13.5. The van der Waals surface area contributed by atoms with Crippen LogP contribution in [0.5, 0.6) is 0 Å². The van der Waals surface area contributed by atoms with Crippen LogP contribution in [0.15, 0.2) is 0 Å². The number of likely N-dealkylation sites (N-methyl/N-ethyl adjacent to an activating group) is 1. The second kappa shape index (κ2) is 8.22. The average molecular weight is 300 g/mol. The Labute approximate surface area is 127 Å². The summed E-state index contributed by atoms with van der Waals surface area (Å²) in [5, 5.41) is 9.43. The molecular weight excluding hydrogens is 272 g/mol. The highest BCUT2D eigenvalue weighted by Gasteiger charge is 2.38. The van der Waals surface area contributed by atoms with Crippen LogP contribution in [0.25, 0.3) is 0 Å². The molecule has 0 spiro atoms. The summed E-state index contributed by atoms with van der Waals surface area (Å²) < 4.78 is 5.10. The molecule has 0 radical (unpaired) electrons. The van der Waals surface area contributed by atoms with Gasteiger partial charge in [-0.2, -0.15) is 0 Å². The first-order chi connectivity index (χ1) is 9.96. The third-order valence-electron chi connectivity index (χ3n) is 4.35. The minimum atomic E-state index is -0.906. The van der Waals surface area contributed by atoms with Gasteiger partial charge in [0, 0.05) is 20.2 Å². The zero-order chi connectivity index (χ0) is 16.0. The maximum atomic E-state index is 12.7. The van der Waals surface area contributed by atoms with Crippen LogP contribution < -0.4 is 0 Å². The number of carboxylic acid groups (broad SMARTS) is 1. The maximum Gasteiger partial charge on any atom is 0.326 e. The van der Waals surface area contributed by atoms with Crippen molar-refractivity contribution < 1.29 is 19.4 Å². The van der Waals surface area contributed by atoms with Crippen LogP contribution in [0.2, 0.25) is 0 Å². The Morgan fingerprint density at radius 2 is 2.10 bits per heavy atom. The fourth-order valence-corrected chi connectivity index (χ4v) is 3.00. The molecule has 1 aliphatic heterocycles. The van der Waals surface area contributed by atoms with Crippen LogP contribution >= 0.6 is 0 Å². The molecule has 0 saturated carbocycles. The van der Waals surface area contributed by atoms with E-state index in [1.54, 1.807) is 12.0 Å². The number of urea groups is 1. The van der Waals surface area contributed by atoms with Crippen molar-refractivity contribution in [1.29, 1.82) is 0 Å². The van der Waals surface area contributed by atoms with Crippen molar-refractivity contribution in [3.63, 3.8) is 0 Å². The molecular formula is C15H28N2O4. The van der Waals surface area contributed by atoms with Gasteiger partial charge in [-0.15, -0.1) is 0 Å². The lowest BCUT2D eigenvalue weighted by Gasteiger charge is -2.41. The van der Waals surface area contributed by atoms with Gasteiger partial charge in [-0.3, -0.25) is 0 Å². The van der Waals surface area contributed by atoms with Crippen LogP contribution in [-0.4, -0.2) is 65.8 Å². The van der Waals surface area contributed by atoms with Gasteiger partial charge in [0.05, 0.1) is 12.6 Å². The van der Waals surface area contributed by atoms with Crippen molar-refractivity contribution >= 4 is 12.0 Å². The van der Waals surface area contributed by atoms with E-state index < -0.39 is 12.0 Å². The van der Waals surface area contributed by atoms with E-state index >= 15 is 0 Å². The number of carbonyl (C=O) groups excluding carboxylic acids is 1. The topological polar surface area (TPSA) is 70.1 Å². The van der Waals surface area contributed by atoms with Crippen LogP contribution in [0.1, 0.15) is 40.0 Å². The zero-order valence-corrected chi connectivity index (χ0v) is 13.5. The van der Waals surface area contributed by atoms with E-state index in [1.807, 2.05) is 13.8 Å². The van der Waals surface area contributed by atoms with E-state index in [2.05, 4.69) is 6.92 Å². The van der Waals surface area contributed by atoms with Gasteiger partial charge in [-0.25, -0.2) is 9.59 Å². The third kappa shape index (κ3) is 4.33. The smallest absolute Gasteiger partial charge is 0.326 e. The molecule has 0 aromatic carbocycles. The molecule has 1 saturated heterocycles. The van der Waals surface area contributed by atoms with Gasteiger partial charge < -0.3 is 19.6 Å². The van der Waals surface area contributed by atoms with Crippen molar-refractivity contribution in [3.8, 4) is 0 Å². The predicted molar refractivity (Wildman–Crippen MR) is 80.3 cm³/mol. The van der Waals surface area contributed by atoms with Gasteiger partial charge in [-0.05, 0) is 32.6 Å². The van der Waals surface area contributed by atoms with Crippen molar-refractivity contribution in [2.45, 2.75) is 52.1 Å². The van der Waals surface area contributed by atoms with Crippen LogP contribution in [0.3, 0.4) is 0 Å². The molecule has 1 rings (SSSR count). The summed E-state index contributed by atoms with van der Waals surface area (Å²) in [6, 6.07) is -0.963. The highest BCUT2D eigenvalue weighted by Crippen LogP contribution is 2.26. The number of carbonyl (C=O) groups is 2. The number of hydrogen-bond donors (Lipinski definition) is 1. The van der Waals surface area contributed by atoms with Crippen molar-refractivity contribution in [3.05, 3.63) is 0 Å². The van der Waals surface area contributed by atoms with Crippen molar-refractivity contribution in [1.82, 2.24) is 9.80 Å². The lowest BCUT2D eigenvalue weighted by Crippen LogP contribution is -2.56. The van der Waals surface area contributed by atoms with Gasteiger partial charge in [0.1, 0.15) is 6.04 Å². The SMILES string of the molecule is CCC1CCN(C(=O)N(CC)C(C)COC)C(C(=O)O)C1. The molecule has 3 atom stereocenters. The Morgan fingerprint density at radius 1 is 1.43 bits per heavy atom. The molecule has 3 unspecified atom stereocenters. The molecule has 122 valence electrons. The highest BCUT2D eigenvalue weighted by atomic mass is 16.5. The summed E-state index contributed by atoms with van der Waals surface area (Å²) in [4.78, 5) is 27.4. The lowest BCUT2D eigenvalue weighted by molar-refractivity contribution is -0.144. The summed E-state index contributed by atoms with van der Waals surface area (Å²) in [7, 11) is 1.60. The summed E-state index contributed by atoms with van der Waals surface area (Å²) in [5.41, 5.74) is 0. The van der Waals surface area contributed by atoms with Gasteiger partial charge in [0.15, 0.2) is 0 Å². The van der Waals surface area contributed by atoms with Crippen LogP contribution in [0, 0.1) is 5.92 Å². The molecule has 6 heteroatoms. The van der Waals surface area contributed by atoms with Crippen LogP contribution in [0.4, 0.5) is 4.79 Å². The number of hydrogen-bond acceptors (Lipinski definition) is 3. The maximum absolute atomic E-state index is 12.7. The first-order valence-electron chi connectivity index (χ1n) is 7.75. The minimum Gasteiger partial charge on any atom is -0.480 e. The number of rotatable bonds is 6. The molecule has 1 N–H and O–H groups in total. The Hall–Kier alpha value is -1.30. The summed E-state index contributed by atoms with van der Waals surface area (Å²) in [6.45, 7) is 7.40. The third-order valence-corrected chi connectivity index (χ3v) is 4.35. The standard InChI is InChI=1S/C15H28N2O4/c1-5-12-7-8-17(13(9-12)14(18)19)15(20)16(6-2)11(3)10-21-4/h11-13H,5-10H2,1-4H3,(H,18,19). The van der Waals surface area contributed by atoms with Crippen molar-refractivity contribution in [2.24, 2.45) is 5.92 Å². The number of methoxy groups -OCH3 is 1. The average Bonchev–Trinajstić information content (AvgIpc) is 2.47. The van der Waals surface area contributed by atoms with E-state index in [0.717, 1.165) is 12.8 Å². The quantitative estimate of drug-likeness (QED) is 0.815. The molecule has 0 aromatic rings. The number of piperidine rings is 1. The summed E-state index contributed by atoms with van der Waals surface area (Å²) in [6.07, 6.45) is 2.39. The van der Waals surface area contributed by atoms with Gasteiger partial charge in [0.25, 0.3) is 0 Å². The normalized spacial score (nSPS) is 23.7. The number of aliphatic carboxylic acids is 1. The van der Waals surface area contributed by atoms with E-state index in [4.69, 9.17) is 4.74 Å². The van der Waals surface area contributed by atoms with E-state index in [1.165, 1.54) is 4.90 Å². The molecule has 2 amide bonds. The summed E-state index contributed by atoms with van der Waals surface area (Å²) >= 11 is 0. The fourth-order valence-electron chi connectivity index (χ4n) is 3.00. The minimum absolute atomic E-state index is 0.0640. The Kier molecular flexibility index (Phi) is 6.95. The number of amides is 2. The van der Waals surface area contributed by atoms with Crippen LogP contribution in [-0.2, 0) is 9.53 Å². The summed E-state index contributed by atoms with van der Waals surface area (Å²) in [5.74, 6) is -0.515. The van der Waals surface area contributed by atoms with Gasteiger partial charge in [-0.1, -0.05) is 13.3 Å². The van der Waals surface area contributed by atoms with E-state index in [0.29, 0.717) is 32.0 Å². The lowest BCUT2D eigenvalue weighted by atomic mass is 9.89. The molecule has 1 fully saturated rings. The first-order valence-corrected chi connectivity index (χ1v) is 7.75. The molecule has 21 heavy (non-hydrogen) atoms. The Balaban J connectivity index is 2.84. The van der Waals surface area contributed by atoms with E-state index in [-0.39, 0.29) is 12.1 Å². The largest absolute Gasteiger partial charge is 0.480 e. The Bertz CT molecular complexity index is 362. The molecule has 6 nitrogen and oxygen atoms in total. The first kappa shape index (κ1) is 17.8. The molecule has 0 aromatic heterocycles. The second-order valence-corrected chi connectivity index (χ2v) is 5.72. The Morgan fingerprint density at radius 3 is 2.57 bits per heavy atom. The number of carboxylic acids is 1. The molecule has 0 bridgehead atoms. The van der Waals surface area contributed by atoms with Crippen molar-refractivity contribution in [2.75, 3.05) is 26.8 Å². The van der Waals surface area contributed by atoms with E-state index in [9.17, 15) is 14.7 Å². The molecule has 0 aliphatic carbocycles.